The largest absolute Gasteiger partial charge is 0.492 e. The predicted molar refractivity (Wildman–Crippen MR) is 143 cm³/mol. The van der Waals surface area contributed by atoms with Crippen LogP contribution in [0.2, 0.25) is 0 Å². The summed E-state index contributed by atoms with van der Waals surface area (Å²) in [7, 11) is 0. The lowest BCUT2D eigenvalue weighted by Gasteiger charge is -2.46. The average molecular weight is 505 g/mol. The predicted octanol–water partition coefficient (Wildman–Crippen LogP) is 5.40. The van der Waals surface area contributed by atoms with Crippen LogP contribution in [0.15, 0.2) is 42.5 Å². The van der Waals surface area contributed by atoms with Gasteiger partial charge in [0, 0.05) is 36.3 Å². The number of nitrogens with zero attached hydrogens (tertiary/aromatic N) is 2. The summed E-state index contributed by atoms with van der Waals surface area (Å²) in [4.78, 5) is 26.5. The quantitative estimate of drug-likeness (QED) is 0.490. The average Bonchev–Trinajstić information content (AvgIpc) is 3.67. The van der Waals surface area contributed by atoms with Crippen LogP contribution >= 0.6 is 0 Å². The highest BCUT2D eigenvalue weighted by Crippen LogP contribution is 2.50. The van der Waals surface area contributed by atoms with Crippen molar-refractivity contribution < 1.29 is 19.1 Å². The van der Waals surface area contributed by atoms with Crippen LogP contribution < -0.4 is 20.3 Å². The van der Waals surface area contributed by atoms with E-state index < -0.39 is 11.7 Å². The van der Waals surface area contributed by atoms with Crippen LogP contribution in [-0.2, 0) is 9.53 Å². The molecule has 0 spiro atoms. The molecule has 1 aliphatic carbocycles. The fourth-order valence-electron chi connectivity index (χ4n) is 5.13. The second-order valence-corrected chi connectivity index (χ2v) is 10.9. The molecular weight excluding hydrogens is 468 g/mol. The smallest absolute Gasteiger partial charge is 0.407 e. The molecule has 0 unspecified atom stereocenters. The lowest BCUT2D eigenvalue weighted by atomic mass is 9.79. The fraction of sp³-hybridized carbons (Fsp3) is 0.483. The van der Waals surface area contributed by atoms with Crippen molar-refractivity contribution in [2.24, 2.45) is 11.8 Å². The molecule has 3 atom stereocenters. The molecule has 196 valence electrons. The van der Waals surface area contributed by atoms with Crippen LogP contribution in [-0.4, -0.2) is 36.8 Å². The molecule has 0 aromatic heterocycles. The molecule has 1 fully saturated rings. The summed E-state index contributed by atoms with van der Waals surface area (Å²) in [5.41, 5.74) is 2.73. The van der Waals surface area contributed by atoms with Crippen molar-refractivity contribution in [3.63, 3.8) is 0 Å². The van der Waals surface area contributed by atoms with Gasteiger partial charge in [0.2, 0.25) is 5.91 Å². The van der Waals surface area contributed by atoms with Gasteiger partial charge in [-0.1, -0.05) is 13.0 Å². The first-order chi connectivity index (χ1) is 17.6. The van der Waals surface area contributed by atoms with Gasteiger partial charge in [0.25, 0.3) is 0 Å². The Morgan fingerprint density at radius 2 is 1.92 bits per heavy atom. The maximum absolute atomic E-state index is 12.7. The normalized spacial score (nSPS) is 20.9. The van der Waals surface area contributed by atoms with Gasteiger partial charge in [0.1, 0.15) is 18.0 Å². The van der Waals surface area contributed by atoms with Gasteiger partial charge in [-0.05, 0) is 75.4 Å². The zero-order chi connectivity index (χ0) is 26.7. The molecule has 2 amide bonds. The van der Waals surface area contributed by atoms with E-state index in [1.807, 2.05) is 62.1 Å². The van der Waals surface area contributed by atoms with Crippen molar-refractivity contribution in [3.8, 4) is 11.8 Å². The molecule has 2 aliphatic rings. The zero-order valence-corrected chi connectivity index (χ0v) is 22.2. The van der Waals surface area contributed by atoms with Gasteiger partial charge in [-0.2, -0.15) is 5.26 Å². The Morgan fingerprint density at radius 3 is 2.57 bits per heavy atom. The Morgan fingerprint density at radius 1 is 1.16 bits per heavy atom. The highest BCUT2D eigenvalue weighted by Gasteiger charge is 2.47. The summed E-state index contributed by atoms with van der Waals surface area (Å²) in [5.74, 6) is 1.33. The molecule has 2 aromatic rings. The molecule has 0 bridgehead atoms. The van der Waals surface area contributed by atoms with Gasteiger partial charge < -0.3 is 25.0 Å². The van der Waals surface area contributed by atoms with E-state index in [4.69, 9.17) is 9.47 Å². The molecule has 1 heterocycles. The fourth-order valence-corrected chi connectivity index (χ4v) is 5.13. The lowest BCUT2D eigenvalue weighted by Crippen LogP contribution is -2.51. The third kappa shape index (κ3) is 6.34. The van der Waals surface area contributed by atoms with E-state index in [2.05, 4.69) is 23.6 Å². The number of nitriles is 1. The van der Waals surface area contributed by atoms with E-state index in [0.29, 0.717) is 30.4 Å². The standard InChI is InChI=1S/C29H36N4O4/c1-18-26(24-15-20(17-30)9-12-25(24)33(19(2)34)27(18)21-10-11-21)32-22-7-6-8-23(16-22)36-14-13-31-28(35)37-29(3,4)5/h6-9,12,15-16,18,21,26-27,32H,10-11,13-14H2,1-5H3,(H,31,35)/t18-,26-,27-/m1/s1. The van der Waals surface area contributed by atoms with E-state index in [1.54, 1.807) is 13.0 Å². The number of carbonyl (C=O) groups excluding carboxylic acids is 2. The van der Waals surface area contributed by atoms with Crippen molar-refractivity contribution in [1.29, 1.82) is 5.26 Å². The van der Waals surface area contributed by atoms with Crippen LogP contribution in [0.25, 0.3) is 0 Å². The Kier molecular flexibility index (Phi) is 7.63. The van der Waals surface area contributed by atoms with E-state index in [9.17, 15) is 14.9 Å². The minimum Gasteiger partial charge on any atom is -0.492 e. The molecule has 8 nitrogen and oxygen atoms in total. The summed E-state index contributed by atoms with van der Waals surface area (Å²) in [6.07, 6.45) is 1.77. The molecule has 0 radical (unpaired) electrons. The summed E-state index contributed by atoms with van der Waals surface area (Å²) in [6.45, 7) is 9.88. The monoisotopic (exact) mass is 504 g/mol. The molecule has 2 N–H and O–H groups in total. The number of rotatable bonds is 7. The van der Waals surface area contributed by atoms with Crippen molar-refractivity contribution in [3.05, 3.63) is 53.6 Å². The number of hydrogen-bond donors (Lipinski definition) is 2. The first-order valence-electron chi connectivity index (χ1n) is 12.9. The van der Waals surface area contributed by atoms with E-state index in [1.165, 1.54) is 0 Å². The molecule has 2 aromatic carbocycles. The molecule has 0 saturated heterocycles. The minimum atomic E-state index is -0.548. The van der Waals surface area contributed by atoms with Crippen LogP contribution in [0.4, 0.5) is 16.2 Å². The SMILES string of the molecule is CC(=O)N1c2ccc(C#N)cc2[C@H](Nc2cccc(OCCNC(=O)OC(C)(C)C)c2)[C@@H](C)[C@@H]1C1CC1. The summed E-state index contributed by atoms with van der Waals surface area (Å²) in [5, 5.41) is 15.9. The number of anilines is 2. The van der Waals surface area contributed by atoms with Crippen molar-refractivity contribution in [1.82, 2.24) is 5.32 Å². The van der Waals surface area contributed by atoms with Gasteiger partial charge >= 0.3 is 6.09 Å². The van der Waals surface area contributed by atoms with Crippen LogP contribution in [0.3, 0.4) is 0 Å². The number of ether oxygens (including phenoxy) is 2. The second kappa shape index (κ2) is 10.7. The van der Waals surface area contributed by atoms with Gasteiger partial charge in [-0.25, -0.2) is 4.79 Å². The molecular formula is C29H36N4O4. The van der Waals surface area contributed by atoms with Gasteiger partial charge in [-0.15, -0.1) is 0 Å². The van der Waals surface area contributed by atoms with Crippen molar-refractivity contribution in [2.75, 3.05) is 23.4 Å². The molecule has 37 heavy (non-hydrogen) atoms. The number of nitrogens with one attached hydrogen (secondary N) is 2. The summed E-state index contributed by atoms with van der Waals surface area (Å²) >= 11 is 0. The molecule has 4 rings (SSSR count). The molecule has 1 saturated carbocycles. The zero-order valence-electron chi connectivity index (χ0n) is 22.2. The first-order valence-corrected chi connectivity index (χ1v) is 12.9. The number of carbonyl (C=O) groups is 2. The summed E-state index contributed by atoms with van der Waals surface area (Å²) in [6, 6.07) is 15.5. The van der Waals surface area contributed by atoms with Crippen LogP contribution in [0.5, 0.6) is 5.75 Å². The highest BCUT2D eigenvalue weighted by molar-refractivity contribution is 5.94. The van der Waals surface area contributed by atoms with Gasteiger partial charge in [-0.3, -0.25) is 4.79 Å². The molecule has 8 heteroatoms. The van der Waals surface area contributed by atoms with Crippen molar-refractivity contribution >= 4 is 23.4 Å². The number of benzene rings is 2. The van der Waals surface area contributed by atoms with Gasteiger partial charge in [0.05, 0.1) is 24.2 Å². The van der Waals surface area contributed by atoms with Gasteiger partial charge in [0.15, 0.2) is 0 Å². The maximum Gasteiger partial charge on any atom is 0.407 e. The highest BCUT2D eigenvalue weighted by atomic mass is 16.6. The number of hydrogen-bond acceptors (Lipinski definition) is 6. The van der Waals surface area contributed by atoms with E-state index in [-0.39, 0.29) is 23.9 Å². The lowest BCUT2D eigenvalue weighted by molar-refractivity contribution is -0.117. The summed E-state index contributed by atoms with van der Waals surface area (Å²) < 4.78 is 11.1. The topological polar surface area (TPSA) is 104 Å². The third-order valence-electron chi connectivity index (χ3n) is 6.75. The van der Waals surface area contributed by atoms with Crippen LogP contribution in [0.1, 0.15) is 64.6 Å². The second-order valence-electron chi connectivity index (χ2n) is 10.9. The van der Waals surface area contributed by atoms with E-state index in [0.717, 1.165) is 29.8 Å². The minimum absolute atomic E-state index is 0.0311. The maximum atomic E-state index is 12.7. The van der Waals surface area contributed by atoms with Crippen molar-refractivity contribution in [2.45, 2.75) is 65.1 Å². The number of amides is 2. The Balaban J connectivity index is 1.50. The number of fused-ring (bicyclic) bond motifs is 1. The van der Waals surface area contributed by atoms with Crippen LogP contribution in [0, 0.1) is 23.2 Å². The molecule has 1 aliphatic heterocycles. The van der Waals surface area contributed by atoms with E-state index >= 15 is 0 Å². The Hall–Kier alpha value is -3.73. The Bertz CT molecular complexity index is 1200. The Labute approximate surface area is 218 Å². The number of alkyl carbamates (subject to hydrolysis) is 1. The third-order valence-corrected chi connectivity index (χ3v) is 6.75. The first kappa shape index (κ1) is 26.3.